The summed E-state index contributed by atoms with van der Waals surface area (Å²) in [7, 11) is 0. The lowest BCUT2D eigenvalue weighted by Gasteiger charge is -2.14. The van der Waals surface area contributed by atoms with Crippen molar-refractivity contribution in [3.8, 4) is 17.6 Å². The Balaban J connectivity index is 1.51. The van der Waals surface area contributed by atoms with Crippen molar-refractivity contribution in [3.05, 3.63) is 120 Å². The van der Waals surface area contributed by atoms with Gasteiger partial charge in [-0.05, 0) is 63.5 Å². The van der Waals surface area contributed by atoms with Crippen LogP contribution in [0.1, 0.15) is 11.1 Å². The summed E-state index contributed by atoms with van der Waals surface area (Å²) < 4.78 is 6.28. The van der Waals surface area contributed by atoms with Crippen LogP contribution < -0.4 is 10.1 Å². The molecule has 0 aliphatic rings. The maximum absolute atomic E-state index is 12.9. The van der Waals surface area contributed by atoms with Gasteiger partial charge in [0.05, 0.1) is 0 Å². The number of aromatic hydroxyl groups is 1. The standard InChI is InChI=1S/C31H22N2O3/c32-19-24(31(35)33-25-13-15-26(34)16-14-25)18-29-28-11-4-2-7-22(28)12-17-30(29)36-20-23-9-5-8-21-6-1-3-10-27(21)23/h1-18,34H,20H2,(H,33,35)/b24-18+. The van der Waals surface area contributed by atoms with E-state index in [0.717, 1.165) is 27.1 Å². The summed E-state index contributed by atoms with van der Waals surface area (Å²) in [6.45, 7) is 0.335. The van der Waals surface area contributed by atoms with Crippen molar-refractivity contribution in [2.75, 3.05) is 5.32 Å². The lowest BCUT2D eigenvalue weighted by Crippen LogP contribution is -2.13. The van der Waals surface area contributed by atoms with Gasteiger partial charge in [0, 0.05) is 11.3 Å². The van der Waals surface area contributed by atoms with E-state index in [0.29, 0.717) is 23.6 Å². The van der Waals surface area contributed by atoms with Crippen molar-refractivity contribution >= 4 is 39.2 Å². The van der Waals surface area contributed by atoms with E-state index in [1.165, 1.54) is 12.1 Å². The molecule has 0 spiro atoms. The molecule has 0 radical (unpaired) electrons. The van der Waals surface area contributed by atoms with Crippen molar-refractivity contribution in [2.45, 2.75) is 6.61 Å². The summed E-state index contributed by atoms with van der Waals surface area (Å²) in [5, 5.41) is 26.1. The molecule has 0 unspecified atom stereocenters. The molecular weight excluding hydrogens is 448 g/mol. The summed E-state index contributed by atoms with van der Waals surface area (Å²) in [6, 6.07) is 33.9. The molecule has 5 rings (SSSR count). The molecule has 2 N–H and O–H groups in total. The molecule has 0 saturated carbocycles. The Morgan fingerprint density at radius 2 is 1.50 bits per heavy atom. The minimum atomic E-state index is -0.545. The molecule has 0 aromatic heterocycles. The highest BCUT2D eigenvalue weighted by Gasteiger charge is 2.14. The summed E-state index contributed by atoms with van der Waals surface area (Å²) in [5.41, 5.74) is 2.12. The number of fused-ring (bicyclic) bond motifs is 2. The van der Waals surface area contributed by atoms with E-state index in [-0.39, 0.29) is 11.3 Å². The Hall–Kier alpha value is -5.08. The number of carbonyl (C=O) groups is 1. The van der Waals surface area contributed by atoms with Gasteiger partial charge in [-0.3, -0.25) is 4.79 Å². The van der Waals surface area contributed by atoms with Gasteiger partial charge in [0.1, 0.15) is 29.7 Å². The van der Waals surface area contributed by atoms with Gasteiger partial charge in [-0.2, -0.15) is 5.26 Å². The van der Waals surface area contributed by atoms with Crippen LogP contribution in [0.2, 0.25) is 0 Å². The molecule has 0 aliphatic carbocycles. The number of benzene rings is 5. The maximum atomic E-state index is 12.9. The number of phenols is 1. The molecule has 36 heavy (non-hydrogen) atoms. The van der Waals surface area contributed by atoms with Gasteiger partial charge < -0.3 is 15.2 Å². The predicted octanol–water partition coefficient (Wildman–Crippen LogP) is 6.82. The second-order valence-electron chi connectivity index (χ2n) is 8.30. The van der Waals surface area contributed by atoms with Crippen LogP contribution in [-0.4, -0.2) is 11.0 Å². The number of anilines is 1. The Morgan fingerprint density at radius 1 is 0.833 bits per heavy atom. The lowest BCUT2D eigenvalue weighted by atomic mass is 10.0. The van der Waals surface area contributed by atoms with Gasteiger partial charge in [-0.15, -0.1) is 0 Å². The average Bonchev–Trinajstić information content (AvgIpc) is 2.92. The fourth-order valence-corrected chi connectivity index (χ4v) is 4.16. The lowest BCUT2D eigenvalue weighted by molar-refractivity contribution is -0.112. The molecule has 174 valence electrons. The number of hydrogen-bond donors (Lipinski definition) is 2. The van der Waals surface area contributed by atoms with E-state index in [1.807, 2.05) is 66.7 Å². The molecule has 5 aromatic rings. The number of nitrogens with one attached hydrogen (secondary N) is 1. The largest absolute Gasteiger partial charge is 0.508 e. The summed E-state index contributed by atoms with van der Waals surface area (Å²) in [5.74, 6) is 0.121. The fraction of sp³-hybridized carbons (Fsp3) is 0.0323. The van der Waals surface area contributed by atoms with Crippen LogP contribution in [0, 0.1) is 11.3 Å². The number of phenolic OH excluding ortho intramolecular Hbond substituents is 1. The number of carbonyl (C=O) groups excluding carboxylic acids is 1. The predicted molar refractivity (Wildman–Crippen MR) is 143 cm³/mol. The molecule has 5 heteroatoms. The average molecular weight is 471 g/mol. The van der Waals surface area contributed by atoms with Crippen molar-refractivity contribution in [1.29, 1.82) is 5.26 Å². The molecule has 0 aliphatic heterocycles. The molecule has 0 saturated heterocycles. The van der Waals surface area contributed by atoms with Gasteiger partial charge in [-0.25, -0.2) is 0 Å². The number of nitriles is 1. The van der Waals surface area contributed by atoms with Crippen LogP contribution in [0.25, 0.3) is 27.6 Å². The van der Waals surface area contributed by atoms with E-state index in [9.17, 15) is 15.2 Å². The molecular formula is C31H22N2O3. The number of nitrogens with zero attached hydrogens (tertiary/aromatic N) is 1. The van der Waals surface area contributed by atoms with Gasteiger partial charge in [0.25, 0.3) is 5.91 Å². The van der Waals surface area contributed by atoms with E-state index in [2.05, 4.69) is 23.5 Å². The third kappa shape index (κ3) is 4.75. The highest BCUT2D eigenvalue weighted by atomic mass is 16.5. The summed E-state index contributed by atoms with van der Waals surface area (Å²) >= 11 is 0. The normalized spacial score (nSPS) is 11.2. The number of hydrogen-bond acceptors (Lipinski definition) is 4. The van der Waals surface area contributed by atoms with Crippen LogP contribution >= 0.6 is 0 Å². The van der Waals surface area contributed by atoms with E-state index < -0.39 is 5.91 Å². The Labute approximate surface area is 208 Å². The first kappa shape index (κ1) is 22.7. The minimum Gasteiger partial charge on any atom is -0.508 e. The highest BCUT2D eigenvalue weighted by molar-refractivity contribution is 6.11. The SMILES string of the molecule is N#C/C(=C\c1c(OCc2cccc3ccccc23)ccc2ccccc12)C(=O)Nc1ccc(O)cc1. The molecule has 0 fully saturated rings. The first-order chi connectivity index (χ1) is 17.6. The molecule has 0 atom stereocenters. The van der Waals surface area contributed by atoms with Crippen molar-refractivity contribution in [2.24, 2.45) is 0 Å². The van der Waals surface area contributed by atoms with Crippen LogP contribution in [0.5, 0.6) is 11.5 Å². The zero-order valence-corrected chi connectivity index (χ0v) is 19.3. The van der Waals surface area contributed by atoms with Gasteiger partial charge >= 0.3 is 0 Å². The van der Waals surface area contributed by atoms with Crippen LogP contribution in [0.3, 0.4) is 0 Å². The molecule has 5 aromatic carbocycles. The minimum absolute atomic E-state index is 0.0607. The van der Waals surface area contributed by atoms with Crippen LogP contribution in [-0.2, 0) is 11.4 Å². The summed E-state index contributed by atoms with van der Waals surface area (Å²) in [4.78, 5) is 12.9. The number of amides is 1. The Kier molecular flexibility index (Phi) is 6.33. The van der Waals surface area contributed by atoms with E-state index in [1.54, 1.807) is 18.2 Å². The highest BCUT2D eigenvalue weighted by Crippen LogP contribution is 2.32. The Morgan fingerprint density at radius 3 is 2.25 bits per heavy atom. The second-order valence-corrected chi connectivity index (χ2v) is 8.30. The van der Waals surface area contributed by atoms with E-state index in [4.69, 9.17) is 4.74 Å². The third-order valence-corrected chi connectivity index (χ3v) is 5.97. The number of rotatable bonds is 6. The van der Waals surface area contributed by atoms with Gasteiger partial charge in [0.15, 0.2) is 0 Å². The second kappa shape index (κ2) is 10.0. The third-order valence-electron chi connectivity index (χ3n) is 5.97. The molecule has 0 heterocycles. The quantitative estimate of drug-likeness (QED) is 0.162. The van der Waals surface area contributed by atoms with Crippen molar-refractivity contribution in [3.63, 3.8) is 0 Å². The van der Waals surface area contributed by atoms with Gasteiger partial charge in [-0.1, -0.05) is 72.8 Å². The first-order valence-corrected chi connectivity index (χ1v) is 11.5. The Bertz CT molecular complexity index is 1640. The monoisotopic (exact) mass is 470 g/mol. The summed E-state index contributed by atoms with van der Waals surface area (Å²) in [6.07, 6.45) is 1.57. The van der Waals surface area contributed by atoms with Crippen LogP contribution in [0.15, 0.2) is 109 Å². The zero-order valence-electron chi connectivity index (χ0n) is 19.3. The van der Waals surface area contributed by atoms with Crippen molar-refractivity contribution in [1.82, 2.24) is 0 Å². The number of ether oxygens (including phenoxy) is 1. The van der Waals surface area contributed by atoms with Crippen LogP contribution in [0.4, 0.5) is 5.69 Å². The van der Waals surface area contributed by atoms with Crippen molar-refractivity contribution < 1.29 is 14.6 Å². The maximum Gasteiger partial charge on any atom is 0.266 e. The molecule has 5 nitrogen and oxygen atoms in total. The fourth-order valence-electron chi connectivity index (χ4n) is 4.16. The van der Waals surface area contributed by atoms with E-state index >= 15 is 0 Å². The molecule has 0 bridgehead atoms. The zero-order chi connectivity index (χ0) is 24.9. The smallest absolute Gasteiger partial charge is 0.266 e. The first-order valence-electron chi connectivity index (χ1n) is 11.5. The topological polar surface area (TPSA) is 82.3 Å². The van der Waals surface area contributed by atoms with Gasteiger partial charge in [0.2, 0.25) is 0 Å². The molecule has 1 amide bonds.